The average molecular weight is 223 g/mol. The van der Waals surface area contributed by atoms with Crippen LogP contribution in [0.15, 0.2) is 6.33 Å². The molecule has 0 radical (unpaired) electrons. The van der Waals surface area contributed by atoms with Crippen LogP contribution in [-0.2, 0) is 0 Å². The minimum absolute atomic E-state index is 0.188. The van der Waals surface area contributed by atoms with Crippen LogP contribution < -0.4 is 10.1 Å². The van der Waals surface area contributed by atoms with Crippen molar-refractivity contribution in [3.8, 4) is 5.88 Å². The summed E-state index contributed by atoms with van der Waals surface area (Å²) in [5.41, 5.74) is 0.983. The Labute approximate surface area is 97.5 Å². The molecule has 1 unspecified atom stereocenters. The Morgan fingerprint density at radius 1 is 1.38 bits per heavy atom. The molecule has 1 N–H and O–H groups in total. The molecule has 4 heteroatoms. The Hall–Kier alpha value is -1.32. The first-order valence-corrected chi connectivity index (χ1v) is 5.91. The largest absolute Gasteiger partial charge is 0.474 e. The molecule has 1 aromatic rings. The normalized spacial score (nSPS) is 12.2. The van der Waals surface area contributed by atoms with Crippen molar-refractivity contribution in [3.63, 3.8) is 0 Å². The summed E-state index contributed by atoms with van der Waals surface area (Å²) < 4.78 is 5.72. The lowest BCUT2D eigenvalue weighted by molar-refractivity contribution is 0.207. The van der Waals surface area contributed by atoms with Gasteiger partial charge in [0, 0.05) is 6.54 Å². The van der Waals surface area contributed by atoms with Gasteiger partial charge in [0.15, 0.2) is 0 Å². The summed E-state index contributed by atoms with van der Waals surface area (Å²) >= 11 is 0. The molecule has 16 heavy (non-hydrogen) atoms. The van der Waals surface area contributed by atoms with Gasteiger partial charge in [0.25, 0.3) is 0 Å². The zero-order chi connectivity index (χ0) is 12.0. The van der Waals surface area contributed by atoms with Gasteiger partial charge in [-0.15, -0.1) is 0 Å². The van der Waals surface area contributed by atoms with Crippen LogP contribution in [0.2, 0.25) is 0 Å². The second-order valence-corrected chi connectivity index (χ2v) is 3.92. The van der Waals surface area contributed by atoms with E-state index >= 15 is 0 Å². The topological polar surface area (TPSA) is 47.0 Å². The maximum Gasteiger partial charge on any atom is 0.221 e. The van der Waals surface area contributed by atoms with Crippen molar-refractivity contribution in [1.82, 2.24) is 9.97 Å². The first-order valence-electron chi connectivity index (χ1n) is 5.91. The van der Waals surface area contributed by atoms with Gasteiger partial charge in [-0.2, -0.15) is 0 Å². The highest BCUT2D eigenvalue weighted by molar-refractivity contribution is 5.47. The van der Waals surface area contributed by atoms with Crippen LogP contribution >= 0.6 is 0 Å². The number of nitrogens with one attached hydrogen (secondary N) is 1. The van der Waals surface area contributed by atoms with Crippen molar-refractivity contribution >= 4 is 5.82 Å². The fourth-order valence-corrected chi connectivity index (χ4v) is 1.25. The summed E-state index contributed by atoms with van der Waals surface area (Å²) in [6, 6.07) is 0. The Kier molecular flexibility index (Phi) is 5.02. The predicted octanol–water partition coefficient (Wildman–Crippen LogP) is 2.78. The maximum atomic E-state index is 5.72. The molecule has 0 spiro atoms. The van der Waals surface area contributed by atoms with E-state index in [9.17, 15) is 0 Å². The van der Waals surface area contributed by atoms with Crippen molar-refractivity contribution in [2.24, 2.45) is 0 Å². The molecule has 0 bridgehead atoms. The summed E-state index contributed by atoms with van der Waals surface area (Å²) in [5.74, 6) is 1.55. The number of hydrogen-bond donors (Lipinski definition) is 1. The molecule has 0 aliphatic heterocycles. The summed E-state index contributed by atoms with van der Waals surface area (Å²) in [6.45, 7) is 9.16. The number of rotatable bonds is 6. The van der Waals surface area contributed by atoms with Gasteiger partial charge in [0.1, 0.15) is 12.1 Å². The lowest BCUT2D eigenvalue weighted by atomic mass is 10.3. The van der Waals surface area contributed by atoms with E-state index in [0.717, 1.165) is 30.8 Å². The van der Waals surface area contributed by atoms with Crippen molar-refractivity contribution in [3.05, 3.63) is 11.9 Å². The second kappa shape index (κ2) is 6.30. The van der Waals surface area contributed by atoms with Gasteiger partial charge in [-0.05, 0) is 26.7 Å². The molecule has 0 aliphatic rings. The number of nitrogens with zero attached hydrogens (tertiary/aromatic N) is 2. The zero-order valence-corrected chi connectivity index (χ0v) is 10.6. The van der Waals surface area contributed by atoms with Crippen molar-refractivity contribution in [2.45, 2.75) is 46.6 Å². The first kappa shape index (κ1) is 12.7. The molecule has 1 rings (SSSR count). The molecule has 1 atom stereocenters. The lowest BCUT2D eigenvalue weighted by Crippen LogP contribution is -2.13. The number of anilines is 1. The zero-order valence-electron chi connectivity index (χ0n) is 10.6. The van der Waals surface area contributed by atoms with Gasteiger partial charge >= 0.3 is 0 Å². The van der Waals surface area contributed by atoms with E-state index in [0.29, 0.717) is 5.88 Å². The molecular weight excluding hydrogens is 202 g/mol. The molecule has 90 valence electrons. The molecule has 1 aromatic heterocycles. The molecule has 0 fully saturated rings. The SMILES string of the molecule is CCCNc1ncnc(OC(C)CC)c1C. The van der Waals surface area contributed by atoms with Gasteiger partial charge in [-0.1, -0.05) is 13.8 Å². The molecule has 0 aromatic carbocycles. The average Bonchev–Trinajstić information content (AvgIpc) is 2.30. The Bertz CT molecular complexity index is 328. The summed E-state index contributed by atoms with van der Waals surface area (Å²) in [7, 11) is 0. The van der Waals surface area contributed by atoms with Crippen LogP contribution in [0.25, 0.3) is 0 Å². The number of aromatic nitrogens is 2. The third kappa shape index (κ3) is 3.36. The van der Waals surface area contributed by atoms with Gasteiger partial charge in [-0.25, -0.2) is 9.97 Å². The maximum absolute atomic E-state index is 5.72. The monoisotopic (exact) mass is 223 g/mol. The lowest BCUT2D eigenvalue weighted by Gasteiger charge is -2.15. The predicted molar refractivity (Wildman–Crippen MR) is 65.9 cm³/mol. The van der Waals surface area contributed by atoms with E-state index < -0.39 is 0 Å². The van der Waals surface area contributed by atoms with Gasteiger partial charge in [-0.3, -0.25) is 0 Å². The van der Waals surface area contributed by atoms with Gasteiger partial charge in [0.2, 0.25) is 5.88 Å². The molecule has 4 nitrogen and oxygen atoms in total. The molecule has 0 saturated heterocycles. The van der Waals surface area contributed by atoms with Crippen LogP contribution in [0.1, 0.15) is 39.2 Å². The minimum atomic E-state index is 0.188. The molecule has 1 heterocycles. The van der Waals surface area contributed by atoms with Crippen LogP contribution in [-0.4, -0.2) is 22.6 Å². The van der Waals surface area contributed by atoms with Crippen LogP contribution in [0.3, 0.4) is 0 Å². The Morgan fingerprint density at radius 3 is 2.75 bits per heavy atom. The summed E-state index contributed by atoms with van der Waals surface area (Å²) in [4.78, 5) is 8.37. The highest BCUT2D eigenvalue weighted by atomic mass is 16.5. The first-order chi connectivity index (χ1) is 7.69. The fraction of sp³-hybridized carbons (Fsp3) is 0.667. The highest BCUT2D eigenvalue weighted by Gasteiger charge is 2.09. The van der Waals surface area contributed by atoms with Crippen molar-refractivity contribution in [1.29, 1.82) is 0 Å². The van der Waals surface area contributed by atoms with E-state index in [1.54, 1.807) is 6.33 Å². The Balaban J connectivity index is 2.77. The fourth-order valence-electron chi connectivity index (χ4n) is 1.25. The van der Waals surface area contributed by atoms with Crippen LogP contribution in [0.4, 0.5) is 5.82 Å². The van der Waals surface area contributed by atoms with Gasteiger partial charge in [0.05, 0.1) is 11.7 Å². The third-order valence-corrected chi connectivity index (χ3v) is 2.47. The highest BCUT2D eigenvalue weighted by Crippen LogP contribution is 2.21. The number of hydrogen-bond acceptors (Lipinski definition) is 4. The van der Waals surface area contributed by atoms with Gasteiger partial charge < -0.3 is 10.1 Å². The van der Waals surface area contributed by atoms with Crippen LogP contribution in [0.5, 0.6) is 5.88 Å². The molecule has 0 amide bonds. The molecule has 0 aliphatic carbocycles. The second-order valence-electron chi connectivity index (χ2n) is 3.92. The van der Waals surface area contributed by atoms with E-state index in [4.69, 9.17) is 4.74 Å². The molecule has 0 saturated carbocycles. The van der Waals surface area contributed by atoms with E-state index in [-0.39, 0.29) is 6.10 Å². The van der Waals surface area contributed by atoms with Crippen molar-refractivity contribution < 1.29 is 4.74 Å². The smallest absolute Gasteiger partial charge is 0.221 e. The van der Waals surface area contributed by atoms with Crippen LogP contribution in [0, 0.1) is 6.92 Å². The quantitative estimate of drug-likeness (QED) is 0.805. The Morgan fingerprint density at radius 2 is 2.12 bits per heavy atom. The summed E-state index contributed by atoms with van der Waals surface area (Å²) in [5, 5.41) is 3.26. The van der Waals surface area contributed by atoms with E-state index in [1.807, 2.05) is 13.8 Å². The third-order valence-electron chi connectivity index (χ3n) is 2.47. The molecular formula is C12H21N3O. The minimum Gasteiger partial charge on any atom is -0.474 e. The number of ether oxygens (including phenoxy) is 1. The summed E-state index contributed by atoms with van der Waals surface area (Å²) in [6.07, 6.45) is 3.78. The van der Waals surface area contributed by atoms with E-state index in [2.05, 4.69) is 29.1 Å². The standard InChI is InChI=1S/C12H21N3O/c1-5-7-13-11-10(4)12(15-8-14-11)16-9(3)6-2/h8-9H,5-7H2,1-4H3,(H,13,14,15). The van der Waals surface area contributed by atoms with E-state index in [1.165, 1.54) is 0 Å². The van der Waals surface area contributed by atoms with Crippen molar-refractivity contribution in [2.75, 3.05) is 11.9 Å².